The second-order valence-electron chi connectivity index (χ2n) is 4.05. The van der Waals surface area contributed by atoms with Gasteiger partial charge in [-0.2, -0.15) is 0 Å². The smallest absolute Gasteiger partial charge is 0.168 e. The van der Waals surface area contributed by atoms with Gasteiger partial charge in [0.2, 0.25) is 0 Å². The summed E-state index contributed by atoms with van der Waals surface area (Å²) in [6.45, 7) is 0. The summed E-state index contributed by atoms with van der Waals surface area (Å²) < 4.78 is 12.4. The second kappa shape index (κ2) is 4.61. The lowest BCUT2D eigenvalue weighted by molar-refractivity contribution is 0.412. The van der Waals surface area contributed by atoms with Crippen molar-refractivity contribution in [1.29, 1.82) is 0 Å². The van der Waals surface area contributed by atoms with Crippen LogP contribution in [0.25, 0.3) is 17.0 Å². The molecule has 0 aliphatic heterocycles. The van der Waals surface area contributed by atoms with Gasteiger partial charge in [0, 0.05) is 5.56 Å². The summed E-state index contributed by atoms with van der Waals surface area (Å²) in [5.41, 5.74) is 1.72. The van der Waals surface area contributed by atoms with Crippen LogP contribution in [0.15, 0.2) is 42.6 Å². The molecule has 0 N–H and O–H groups in total. The molecular formula is C14H13N3O2. The van der Waals surface area contributed by atoms with E-state index in [0.717, 1.165) is 28.5 Å². The Kier molecular flexibility index (Phi) is 2.79. The van der Waals surface area contributed by atoms with Crippen LogP contribution in [0.1, 0.15) is 0 Å². The third kappa shape index (κ3) is 1.99. The van der Waals surface area contributed by atoms with E-state index in [-0.39, 0.29) is 0 Å². The number of fused-ring (bicyclic) bond motifs is 1. The number of hydrogen-bond acceptors (Lipinski definition) is 4. The zero-order valence-corrected chi connectivity index (χ0v) is 10.7. The molecule has 19 heavy (non-hydrogen) atoms. The lowest BCUT2D eigenvalue weighted by Gasteiger charge is -2.04. The Bertz CT molecular complexity index is 722. The summed E-state index contributed by atoms with van der Waals surface area (Å²) in [5.74, 6) is 2.31. The molecule has 0 aliphatic rings. The minimum Gasteiger partial charge on any atom is -0.497 e. The molecule has 0 aliphatic carbocycles. The summed E-state index contributed by atoms with van der Waals surface area (Å²) in [5, 5.41) is 8.36. The quantitative estimate of drug-likeness (QED) is 0.721. The summed E-state index contributed by atoms with van der Waals surface area (Å²) in [6.07, 6.45) is 1.87. The van der Waals surface area contributed by atoms with Crippen molar-refractivity contribution < 1.29 is 9.47 Å². The van der Waals surface area contributed by atoms with Crippen molar-refractivity contribution in [2.45, 2.75) is 0 Å². The van der Waals surface area contributed by atoms with Crippen molar-refractivity contribution in [1.82, 2.24) is 14.6 Å². The van der Waals surface area contributed by atoms with Crippen molar-refractivity contribution >= 4 is 5.65 Å². The zero-order valence-electron chi connectivity index (χ0n) is 10.7. The zero-order chi connectivity index (χ0) is 13.2. The summed E-state index contributed by atoms with van der Waals surface area (Å²) in [7, 11) is 3.28. The Labute approximate surface area is 110 Å². The van der Waals surface area contributed by atoms with Crippen molar-refractivity contribution in [3.05, 3.63) is 42.6 Å². The van der Waals surface area contributed by atoms with E-state index in [4.69, 9.17) is 9.47 Å². The van der Waals surface area contributed by atoms with Crippen molar-refractivity contribution in [3.63, 3.8) is 0 Å². The number of pyridine rings is 1. The number of hydrogen-bond donors (Lipinski definition) is 0. The van der Waals surface area contributed by atoms with E-state index in [0.29, 0.717) is 0 Å². The van der Waals surface area contributed by atoms with Gasteiger partial charge in [0.15, 0.2) is 11.5 Å². The van der Waals surface area contributed by atoms with Crippen LogP contribution < -0.4 is 9.47 Å². The van der Waals surface area contributed by atoms with E-state index >= 15 is 0 Å². The molecule has 2 heterocycles. The van der Waals surface area contributed by atoms with E-state index < -0.39 is 0 Å². The Morgan fingerprint density at radius 2 is 1.79 bits per heavy atom. The van der Waals surface area contributed by atoms with E-state index in [1.165, 1.54) is 0 Å². The Morgan fingerprint density at radius 3 is 2.58 bits per heavy atom. The highest BCUT2D eigenvalue weighted by Gasteiger charge is 2.09. The predicted molar refractivity (Wildman–Crippen MR) is 71.5 cm³/mol. The summed E-state index contributed by atoms with van der Waals surface area (Å²) >= 11 is 0. The van der Waals surface area contributed by atoms with Crippen LogP contribution in [0.4, 0.5) is 0 Å². The standard InChI is InChI=1S/C14H13N3O2/c1-18-11-5-3-4-10(8-11)14-16-15-13-7-6-12(19-2)9-17(13)14/h3-9H,1-2H3. The van der Waals surface area contributed by atoms with Gasteiger partial charge in [-0.05, 0) is 24.3 Å². The molecule has 0 amide bonds. The molecule has 0 bridgehead atoms. The van der Waals surface area contributed by atoms with Crippen molar-refractivity contribution in [2.24, 2.45) is 0 Å². The first-order chi connectivity index (χ1) is 9.31. The molecule has 5 heteroatoms. The fourth-order valence-electron chi connectivity index (χ4n) is 1.95. The maximum Gasteiger partial charge on any atom is 0.168 e. The topological polar surface area (TPSA) is 48.7 Å². The maximum absolute atomic E-state index is 5.23. The summed E-state index contributed by atoms with van der Waals surface area (Å²) in [4.78, 5) is 0. The Hall–Kier alpha value is -2.56. The lowest BCUT2D eigenvalue weighted by Crippen LogP contribution is -1.92. The molecule has 0 atom stereocenters. The molecule has 5 nitrogen and oxygen atoms in total. The van der Waals surface area contributed by atoms with Gasteiger partial charge in [0.1, 0.15) is 11.5 Å². The minimum absolute atomic E-state index is 0.757. The highest BCUT2D eigenvalue weighted by molar-refractivity contribution is 5.61. The molecular weight excluding hydrogens is 242 g/mol. The first kappa shape index (κ1) is 11.5. The van der Waals surface area contributed by atoms with Crippen LogP contribution in [0.3, 0.4) is 0 Å². The van der Waals surface area contributed by atoms with Gasteiger partial charge < -0.3 is 9.47 Å². The van der Waals surface area contributed by atoms with Gasteiger partial charge in [-0.15, -0.1) is 10.2 Å². The molecule has 0 saturated heterocycles. The molecule has 0 saturated carbocycles. The molecule has 0 unspecified atom stereocenters. The fourth-order valence-corrected chi connectivity index (χ4v) is 1.95. The molecule has 0 fully saturated rings. The third-order valence-electron chi connectivity index (χ3n) is 2.94. The molecule has 1 aromatic carbocycles. The molecule has 2 aromatic heterocycles. The first-order valence-corrected chi connectivity index (χ1v) is 5.85. The Morgan fingerprint density at radius 1 is 0.947 bits per heavy atom. The number of ether oxygens (including phenoxy) is 2. The predicted octanol–water partition coefficient (Wildman–Crippen LogP) is 2.41. The number of benzene rings is 1. The monoisotopic (exact) mass is 255 g/mol. The molecule has 0 spiro atoms. The van der Waals surface area contributed by atoms with Gasteiger partial charge in [0.25, 0.3) is 0 Å². The average molecular weight is 255 g/mol. The van der Waals surface area contributed by atoms with Crippen LogP contribution in [0.5, 0.6) is 11.5 Å². The van der Waals surface area contributed by atoms with Gasteiger partial charge in [-0.3, -0.25) is 4.40 Å². The van der Waals surface area contributed by atoms with E-state index in [1.54, 1.807) is 14.2 Å². The Balaban J connectivity index is 2.18. The van der Waals surface area contributed by atoms with Gasteiger partial charge in [-0.25, -0.2) is 0 Å². The maximum atomic E-state index is 5.23. The molecule has 0 radical (unpaired) electrons. The van der Waals surface area contributed by atoms with Crippen LogP contribution in [0.2, 0.25) is 0 Å². The van der Waals surface area contributed by atoms with E-state index in [9.17, 15) is 0 Å². The molecule has 96 valence electrons. The molecule has 3 aromatic rings. The normalized spacial score (nSPS) is 10.6. The lowest BCUT2D eigenvalue weighted by atomic mass is 10.2. The van der Waals surface area contributed by atoms with E-state index in [1.807, 2.05) is 47.0 Å². The minimum atomic E-state index is 0.757. The SMILES string of the molecule is COc1cccc(-c2nnc3ccc(OC)cn23)c1. The van der Waals surface area contributed by atoms with Gasteiger partial charge >= 0.3 is 0 Å². The highest BCUT2D eigenvalue weighted by Crippen LogP contribution is 2.24. The van der Waals surface area contributed by atoms with E-state index in [2.05, 4.69) is 10.2 Å². The first-order valence-electron chi connectivity index (χ1n) is 5.85. The van der Waals surface area contributed by atoms with Crippen LogP contribution in [0, 0.1) is 0 Å². The second-order valence-corrected chi connectivity index (χ2v) is 4.05. The highest BCUT2D eigenvalue weighted by atomic mass is 16.5. The van der Waals surface area contributed by atoms with Crippen LogP contribution >= 0.6 is 0 Å². The number of aromatic nitrogens is 3. The number of rotatable bonds is 3. The number of nitrogens with zero attached hydrogens (tertiary/aromatic N) is 3. The van der Waals surface area contributed by atoms with Crippen LogP contribution in [-0.2, 0) is 0 Å². The third-order valence-corrected chi connectivity index (χ3v) is 2.94. The summed E-state index contributed by atoms with van der Waals surface area (Å²) in [6, 6.07) is 11.5. The molecule has 3 rings (SSSR count). The largest absolute Gasteiger partial charge is 0.497 e. The van der Waals surface area contributed by atoms with Crippen molar-refractivity contribution in [3.8, 4) is 22.9 Å². The van der Waals surface area contributed by atoms with Crippen LogP contribution in [-0.4, -0.2) is 28.8 Å². The van der Waals surface area contributed by atoms with Crippen molar-refractivity contribution in [2.75, 3.05) is 14.2 Å². The number of methoxy groups -OCH3 is 2. The van der Waals surface area contributed by atoms with Gasteiger partial charge in [-0.1, -0.05) is 12.1 Å². The fraction of sp³-hybridized carbons (Fsp3) is 0.143. The average Bonchev–Trinajstić information content (AvgIpc) is 2.90. The van der Waals surface area contributed by atoms with Gasteiger partial charge in [0.05, 0.1) is 20.4 Å².